The number of benzene rings is 1. The van der Waals surface area contributed by atoms with Crippen LogP contribution in [0.3, 0.4) is 0 Å². The van der Waals surface area contributed by atoms with Crippen LogP contribution >= 0.6 is 0 Å². The maximum absolute atomic E-state index is 13.6. The van der Waals surface area contributed by atoms with Crippen LogP contribution in [-0.2, 0) is 0 Å². The van der Waals surface area contributed by atoms with Gasteiger partial charge in [0.15, 0.2) is 0 Å². The van der Waals surface area contributed by atoms with Crippen LogP contribution in [0.25, 0.3) is 10.9 Å². The Morgan fingerprint density at radius 3 is 2.62 bits per heavy atom. The van der Waals surface area contributed by atoms with E-state index >= 15 is 0 Å². The molecule has 2 aromatic rings. The summed E-state index contributed by atoms with van der Waals surface area (Å²) in [6.07, 6.45) is 1.92. The fourth-order valence-corrected chi connectivity index (χ4v) is 2.36. The lowest BCUT2D eigenvalue weighted by Gasteiger charge is -2.24. The van der Waals surface area contributed by atoms with Crippen molar-refractivity contribution >= 4 is 30.2 Å². The first kappa shape index (κ1) is 14.1. The Morgan fingerprint density at radius 2 is 2.05 bits per heavy atom. The summed E-state index contributed by atoms with van der Waals surface area (Å²) < 4.78 is 15.3. The lowest BCUT2D eigenvalue weighted by atomic mass is 9.93. The number of anilines is 1. The molecule has 0 spiro atoms. The predicted molar refractivity (Wildman–Crippen MR) is 83.0 cm³/mol. The molecule has 108 valence electrons. The van der Waals surface area contributed by atoms with Gasteiger partial charge in [0.05, 0.1) is 10.9 Å². The van der Waals surface area contributed by atoms with Gasteiger partial charge in [0.1, 0.15) is 13.7 Å². The Hall–Kier alpha value is -1.85. The molecule has 0 amide bonds. The smallest absolute Gasteiger partial charge is 0.263 e. The second-order valence-electron chi connectivity index (χ2n) is 6.57. The number of nitrogens with zero attached hydrogens (tertiary/aromatic N) is 2. The van der Waals surface area contributed by atoms with Crippen LogP contribution in [0.1, 0.15) is 39.7 Å². The molecule has 2 radical (unpaired) electrons. The van der Waals surface area contributed by atoms with Gasteiger partial charge in [-0.3, -0.25) is 9.36 Å². The summed E-state index contributed by atoms with van der Waals surface area (Å²) in [4.78, 5) is 17.1. The fraction of sp³-hybridized carbons (Fsp3) is 0.467. The summed E-state index contributed by atoms with van der Waals surface area (Å²) in [6.45, 7) is 5.95. The predicted octanol–water partition coefficient (Wildman–Crippen LogP) is 1.87. The average molecular weight is 285 g/mol. The van der Waals surface area contributed by atoms with Gasteiger partial charge in [-0.25, -0.2) is 9.37 Å². The fourth-order valence-electron chi connectivity index (χ4n) is 2.36. The highest BCUT2D eigenvalue weighted by Crippen LogP contribution is 2.36. The first-order valence-corrected chi connectivity index (χ1v) is 7.06. The maximum Gasteiger partial charge on any atom is 0.263 e. The van der Waals surface area contributed by atoms with E-state index in [0.717, 1.165) is 12.8 Å². The van der Waals surface area contributed by atoms with Gasteiger partial charge in [-0.05, 0) is 51.2 Å². The quantitative estimate of drug-likeness (QED) is 0.857. The minimum atomic E-state index is -0.555. The molecule has 0 saturated heterocycles. The minimum Gasteiger partial charge on any atom is -0.351 e. The minimum absolute atomic E-state index is 0.0792. The molecule has 3 rings (SSSR count). The molecule has 1 N–H and O–H groups in total. The van der Waals surface area contributed by atoms with E-state index in [9.17, 15) is 9.18 Å². The van der Waals surface area contributed by atoms with E-state index < -0.39 is 5.82 Å². The highest BCUT2D eigenvalue weighted by molar-refractivity contribution is 6.38. The Labute approximate surface area is 123 Å². The molecule has 1 aromatic carbocycles. The molecule has 1 saturated carbocycles. The van der Waals surface area contributed by atoms with Crippen LogP contribution in [0.4, 0.5) is 10.3 Å². The number of hydrogen-bond acceptors (Lipinski definition) is 3. The van der Waals surface area contributed by atoms with Crippen LogP contribution in [0.5, 0.6) is 0 Å². The van der Waals surface area contributed by atoms with Gasteiger partial charge >= 0.3 is 0 Å². The summed E-state index contributed by atoms with van der Waals surface area (Å²) in [5.41, 5.74) is -0.277. The second kappa shape index (κ2) is 4.58. The van der Waals surface area contributed by atoms with Crippen molar-refractivity contribution < 1.29 is 4.39 Å². The number of aromatic nitrogens is 2. The van der Waals surface area contributed by atoms with E-state index in [0.29, 0.717) is 11.3 Å². The standard InChI is InChI=1S/C15H17BFN3O/c1-15(2,3)19-14-18-12-9(6-7-10(17)11(12)16)13(21)20(14)8-4-5-8/h6-8H,4-5H2,1-3H3,(H,18,19). The van der Waals surface area contributed by atoms with Gasteiger partial charge in [-0.2, -0.15) is 0 Å². The maximum atomic E-state index is 13.6. The zero-order chi connectivity index (χ0) is 15.4. The van der Waals surface area contributed by atoms with E-state index in [2.05, 4.69) is 10.3 Å². The van der Waals surface area contributed by atoms with Gasteiger partial charge in [0, 0.05) is 11.6 Å². The number of hydrogen-bond donors (Lipinski definition) is 1. The zero-order valence-corrected chi connectivity index (χ0v) is 12.4. The van der Waals surface area contributed by atoms with E-state index in [1.807, 2.05) is 20.8 Å². The molecule has 1 heterocycles. The Morgan fingerprint density at radius 1 is 1.38 bits per heavy atom. The van der Waals surface area contributed by atoms with Crippen LogP contribution in [0.15, 0.2) is 16.9 Å². The molecule has 4 nitrogen and oxygen atoms in total. The van der Waals surface area contributed by atoms with Gasteiger partial charge in [-0.1, -0.05) is 0 Å². The van der Waals surface area contributed by atoms with Crippen molar-refractivity contribution in [3.63, 3.8) is 0 Å². The first-order chi connectivity index (χ1) is 9.78. The van der Waals surface area contributed by atoms with Crippen molar-refractivity contribution in [2.24, 2.45) is 0 Å². The first-order valence-electron chi connectivity index (χ1n) is 7.06. The van der Waals surface area contributed by atoms with Crippen molar-refractivity contribution in [3.05, 3.63) is 28.3 Å². The number of nitrogens with one attached hydrogen (secondary N) is 1. The van der Waals surface area contributed by atoms with E-state index in [1.165, 1.54) is 12.1 Å². The second-order valence-corrected chi connectivity index (χ2v) is 6.57. The molecule has 1 aliphatic rings. The van der Waals surface area contributed by atoms with E-state index in [4.69, 9.17) is 7.85 Å². The topological polar surface area (TPSA) is 46.9 Å². The largest absolute Gasteiger partial charge is 0.351 e. The Bertz CT molecular complexity index is 775. The van der Waals surface area contributed by atoms with Crippen LogP contribution in [-0.4, -0.2) is 22.9 Å². The monoisotopic (exact) mass is 285 g/mol. The highest BCUT2D eigenvalue weighted by Gasteiger charge is 2.30. The summed E-state index contributed by atoms with van der Waals surface area (Å²) in [6, 6.07) is 2.84. The third-order valence-electron chi connectivity index (χ3n) is 3.46. The van der Waals surface area contributed by atoms with Crippen molar-refractivity contribution in [1.82, 2.24) is 9.55 Å². The lowest BCUT2D eigenvalue weighted by Crippen LogP contribution is -2.33. The molecule has 0 bridgehead atoms. The molecule has 1 aliphatic carbocycles. The zero-order valence-electron chi connectivity index (χ0n) is 12.4. The summed E-state index contributed by atoms with van der Waals surface area (Å²) >= 11 is 0. The molecule has 6 heteroatoms. The van der Waals surface area contributed by atoms with Crippen molar-refractivity contribution in [1.29, 1.82) is 0 Å². The van der Waals surface area contributed by atoms with Gasteiger partial charge in [-0.15, -0.1) is 0 Å². The van der Waals surface area contributed by atoms with Gasteiger partial charge in [0.2, 0.25) is 5.95 Å². The Kier molecular flexibility index (Phi) is 3.08. The molecule has 1 fully saturated rings. The van der Waals surface area contributed by atoms with Gasteiger partial charge < -0.3 is 5.32 Å². The van der Waals surface area contributed by atoms with Crippen LogP contribution < -0.4 is 16.3 Å². The molecule has 1 aromatic heterocycles. The van der Waals surface area contributed by atoms with E-state index in [1.54, 1.807) is 4.57 Å². The highest BCUT2D eigenvalue weighted by atomic mass is 19.1. The molecule has 0 aliphatic heterocycles. The van der Waals surface area contributed by atoms with Gasteiger partial charge in [0.25, 0.3) is 5.56 Å². The van der Waals surface area contributed by atoms with Crippen LogP contribution in [0.2, 0.25) is 0 Å². The average Bonchev–Trinajstić information content (AvgIpc) is 3.17. The molecular weight excluding hydrogens is 268 g/mol. The third kappa shape index (κ3) is 2.54. The summed E-state index contributed by atoms with van der Waals surface area (Å²) in [5.74, 6) is -0.0971. The number of halogens is 1. The third-order valence-corrected chi connectivity index (χ3v) is 3.46. The molecule has 0 atom stereocenters. The normalized spacial score (nSPS) is 15.4. The SMILES string of the molecule is [B]c1c(F)ccc2c(=O)n(C3CC3)c(NC(C)(C)C)nc12. The number of rotatable bonds is 2. The summed E-state index contributed by atoms with van der Waals surface area (Å²) in [5, 5.41) is 3.59. The van der Waals surface area contributed by atoms with Crippen molar-refractivity contribution in [2.75, 3.05) is 5.32 Å². The molecular formula is C15H17BFN3O. The summed E-state index contributed by atoms with van der Waals surface area (Å²) in [7, 11) is 5.75. The molecule has 21 heavy (non-hydrogen) atoms. The number of fused-ring (bicyclic) bond motifs is 1. The van der Waals surface area contributed by atoms with Crippen molar-refractivity contribution in [3.8, 4) is 0 Å². The lowest BCUT2D eigenvalue weighted by molar-refractivity contribution is 0.601. The van der Waals surface area contributed by atoms with E-state index in [-0.39, 0.29) is 28.1 Å². The van der Waals surface area contributed by atoms with Crippen molar-refractivity contribution in [2.45, 2.75) is 45.2 Å². The Balaban J connectivity index is 2.31. The van der Waals surface area contributed by atoms with Crippen LogP contribution in [0, 0.1) is 5.82 Å². The molecule has 0 unspecified atom stereocenters.